The summed E-state index contributed by atoms with van der Waals surface area (Å²) in [6.45, 7) is 6.56. The number of carbonyl (C=O) groups excluding carboxylic acids is 1. The molecule has 0 heterocycles. The van der Waals surface area contributed by atoms with Gasteiger partial charge in [-0.15, -0.1) is 0 Å². The van der Waals surface area contributed by atoms with Crippen molar-refractivity contribution in [2.75, 3.05) is 14.2 Å². The third-order valence-corrected chi connectivity index (χ3v) is 2.91. The largest absolute Gasteiger partial charge is 0.493 e. The summed E-state index contributed by atoms with van der Waals surface area (Å²) in [7, 11) is 3.22. The molecule has 0 aliphatic rings. The Kier molecular flexibility index (Phi) is 5.67. The van der Waals surface area contributed by atoms with Gasteiger partial charge >= 0.3 is 0 Å². The van der Waals surface area contributed by atoms with Crippen LogP contribution in [-0.2, 0) is 11.3 Å². The monoisotopic (exact) mass is 265 g/mol. The Morgan fingerprint density at radius 3 is 2.32 bits per heavy atom. The smallest absolute Gasteiger partial charge is 0.220 e. The first-order valence-corrected chi connectivity index (χ1v) is 6.46. The summed E-state index contributed by atoms with van der Waals surface area (Å²) in [6.07, 6.45) is 0.548. The number of methoxy groups -OCH3 is 2. The predicted octanol–water partition coefficient (Wildman–Crippen LogP) is 2.67. The van der Waals surface area contributed by atoms with Crippen molar-refractivity contribution in [2.45, 2.75) is 33.7 Å². The molecule has 1 aromatic carbocycles. The van der Waals surface area contributed by atoms with E-state index in [4.69, 9.17) is 9.47 Å². The van der Waals surface area contributed by atoms with Crippen LogP contribution in [0.1, 0.15) is 31.4 Å². The lowest BCUT2D eigenvalue weighted by atomic mass is 10.1. The highest BCUT2D eigenvalue weighted by atomic mass is 16.5. The predicted molar refractivity (Wildman–Crippen MR) is 75.6 cm³/mol. The minimum atomic E-state index is 0.0733. The zero-order chi connectivity index (χ0) is 14.4. The van der Waals surface area contributed by atoms with Gasteiger partial charge in [0.15, 0.2) is 11.5 Å². The quantitative estimate of drug-likeness (QED) is 0.860. The maximum atomic E-state index is 11.6. The normalized spacial score (nSPS) is 10.4. The van der Waals surface area contributed by atoms with Gasteiger partial charge in [0.2, 0.25) is 5.91 Å². The first-order chi connectivity index (χ1) is 8.97. The summed E-state index contributed by atoms with van der Waals surface area (Å²) in [5, 5.41) is 2.92. The molecule has 0 aromatic heterocycles. The second kappa shape index (κ2) is 7.02. The van der Waals surface area contributed by atoms with Gasteiger partial charge in [-0.05, 0) is 36.1 Å². The Balaban J connectivity index is 2.76. The van der Waals surface area contributed by atoms with Crippen LogP contribution >= 0.6 is 0 Å². The number of hydrogen-bond acceptors (Lipinski definition) is 3. The molecule has 4 nitrogen and oxygen atoms in total. The van der Waals surface area contributed by atoms with E-state index in [0.29, 0.717) is 30.4 Å². The van der Waals surface area contributed by atoms with Crippen LogP contribution in [-0.4, -0.2) is 20.1 Å². The minimum absolute atomic E-state index is 0.0733. The topological polar surface area (TPSA) is 47.6 Å². The molecule has 0 saturated carbocycles. The number of rotatable bonds is 6. The first-order valence-electron chi connectivity index (χ1n) is 6.46. The van der Waals surface area contributed by atoms with Gasteiger partial charge in [0, 0.05) is 13.0 Å². The third kappa shape index (κ3) is 4.47. The van der Waals surface area contributed by atoms with Gasteiger partial charge < -0.3 is 14.8 Å². The average molecular weight is 265 g/mol. The van der Waals surface area contributed by atoms with Crippen molar-refractivity contribution >= 4 is 5.91 Å². The van der Waals surface area contributed by atoms with Gasteiger partial charge in [-0.2, -0.15) is 0 Å². The Morgan fingerprint density at radius 1 is 1.21 bits per heavy atom. The number of carbonyl (C=O) groups is 1. The van der Waals surface area contributed by atoms with Crippen LogP contribution in [0.25, 0.3) is 0 Å². The molecule has 4 heteroatoms. The molecular formula is C15H23NO3. The molecule has 0 aliphatic carbocycles. The van der Waals surface area contributed by atoms with Crippen LogP contribution in [0.2, 0.25) is 0 Å². The van der Waals surface area contributed by atoms with E-state index in [0.717, 1.165) is 11.1 Å². The zero-order valence-electron chi connectivity index (χ0n) is 12.4. The maximum Gasteiger partial charge on any atom is 0.220 e. The highest BCUT2D eigenvalue weighted by Crippen LogP contribution is 2.30. The summed E-state index contributed by atoms with van der Waals surface area (Å²) in [5.74, 6) is 1.83. The van der Waals surface area contributed by atoms with E-state index in [1.165, 1.54) is 0 Å². The number of nitrogens with one attached hydrogen (secondary N) is 1. The molecule has 0 aliphatic heterocycles. The van der Waals surface area contributed by atoms with Crippen LogP contribution in [0.3, 0.4) is 0 Å². The molecule has 0 bridgehead atoms. The molecule has 0 radical (unpaired) electrons. The van der Waals surface area contributed by atoms with Crippen molar-refractivity contribution in [1.82, 2.24) is 5.32 Å². The van der Waals surface area contributed by atoms with Crippen LogP contribution in [0, 0.1) is 12.8 Å². The summed E-state index contributed by atoms with van der Waals surface area (Å²) in [4.78, 5) is 11.6. The molecule has 0 atom stereocenters. The van der Waals surface area contributed by atoms with Crippen molar-refractivity contribution in [3.63, 3.8) is 0 Å². The van der Waals surface area contributed by atoms with Gasteiger partial charge in [-0.25, -0.2) is 0 Å². The molecule has 0 spiro atoms. The van der Waals surface area contributed by atoms with E-state index in [2.05, 4.69) is 5.32 Å². The molecule has 1 amide bonds. The van der Waals surface area contributed by atoms with Crippen molar-refractivity contribution < 1.29 is 14.3 Å². The van der Waals surface area contributed by atoms with Gasteiger partial charge in [-0.3, -0.25) is 4.79 Å². The van der Waals surface area contributed by atoms with Crippen LogP contribution < -0.4 is 14.8 Å². The Morgan fingerprint density at radius 2 is 1.79 bits per heavy atom. The first kappa shape index (κ1) is 15.3. The molecule has 1 rings (SSSR count). The lowest BCUT2D eigenvalue weighted by molar-refractivity contribution is -0.121. The van der Waals surface area contributed by atoms with Gasteiger partial charge in [0.1, 0.15) is 0 Å². The molecular weight excluding hydrogens is 242 g/mol. The number of aryl methyl sites for hydroxylation is 1. The van der Waals surface area contributed by atoms with E-state index >= 15 is 0 Å². The summed E-state index contributed by atoms with van der Waals surface area (Å²) >= 11 is 0. The van der Waals surface area contributed by atoms with E-state index in [-0.39, 0.29) is 5.91 Å². The fourth-order valence-electron chi connectivity index (χ4n) is 1.85. The van der Waals surface area contributed by atoms with Crippen molar-refractivity contribution in [3.8, 4) is 11.5 Å². The Bertz CT molecular complexity index is 441. The molecule has 106 valence electrons. The zero-order valence-corrected chi connectivity index (χ0v) is 12.4. The Hall–Kier alpha value is -1.71. The van der Waals surface area contributed by atoms with Crippen LogP contribution in [0.4, 0.5) is 0 Å². The second-order valence-corrected chi connectivity index (χ2v) is 5.01. The summed E-state index contributed by atoms with van der Waals surface area (Å²) in [6, 6.07) is 3.83. The molecule has 0 unspecified atom stereocenters. The Labute approximate surface area is 115 Å². The fourth-order valence-corrected chi connectivity index (χ4v) is 1.85. The standard InChI is InChI=1S/C15H23NO3/c1-10(2)6-15(17)16-9-12-8-14(19-5)13(18-4)7-11(12)3/h7-8,10H,6,9H2,1-5H3,(H,16,17). The summed E-state index contributed by atoms with van der Waals surface area (Å²) < 4.78 is 10.5. The number of amides is 1. The van der Waals surface area contributed by atoms with Crippen molar-refractivity contribution in [1.29, 1.82) is 0 Å². The third-order valence-electron chi connectivity index (χ3n) is 2.91. The minimum Gasteiger partial charge on any atom is -0.493 e. The van der Waals surface area contributed by atoms with Gasteiger partial charge in [-0.1, -0.05) is 13.8 Å². The molecule has 0 fully saturated rings. The van der Waals surface area contributed by atoms with Gasteiger partial charge in [0.25, 0.3) is 0 Å². The van der Waals surface area contributed by atoms with Crippen molar-refractivity contribution in [2.24, 2.45) is 5.92 Å². The lowest BCUT2D eigenvalue weighted by Crippen LogP contribution is -2.24. The van der Waals surface area contributed by atoms with Crippen LogP contribution in [0.15, 0.2) is 12.1 Å². The molecule has 1 aromatic rings. The number of benzene rings is 1. The maximum absolute atomic E-state index is 11.6. The lowest BCUT2D eigenvalue weighted by Gasteiger charge is -2.13. The summed E-state index contributed by atoms with van der Waals surface area (Å²) in [5.41, 5.74) is 2.11. The van der Waals surface area contributed by atoms with Crippen molar-refractivity contribution in [3.05, 3.63) is 23.3 Å². The van der Waals surface area contributed by atoms with E-state index in [1.807, 2.05) is 32.9 Å². The molecule has 19 heavy (non-hydrogen) atoms. The number of ether oxygens (including phenoxy) is 2. The second-order valence-electron chi connectivity index (χ2n) is 5.01. The van der Waals surface area contributed by atoms with E-state index < -0.39 is 0 Å². The highest BCUT2D eigenvalue weighted by Gasteiger charge is 2.10. The fraction of sp³-hybridized carbons (Fsp3) is 0.533. The average Bonchev–Trinajstić information content (AvgIpc) is 2.36. The van der Waals surface area contributed by atoms with E-state index in [1.54, 1.807) is 14.2 Å². The number of hydrogen-bond donors (Lipinski definition) is 1. The van der Waals surface area contributed by atoms with Crippen LogP contribution in [0.5, 0.6) is 11.5 Å². The van der Waals surface area contributed by atoms with Gasteiger partial charge in [0.05, 0.1) is 14.2 Å². The highest BCUT2D eigenvalue weighted by molar-refractivity contribution is 5.76. The SMILES string of the molecule is COc1cc(C)c(CNC(=O)CC(C)C)cc1OC. The van der Waals surface area contributed by atoms with E-state index in [9.17, 15) is 4.79 Å². The molecule has 1 N–H and O–H groups in total. The molecule has 0 saturated heterocycles.